The fourth-order valence-corrected chi connectivity index (χ4v) is 5.43. The van der Waals surface area contributed by atoms with E-state index in [1.807, 2.05) is 37.3 Å². The van der Waals surface area contributed by atoms with Crippen LogP contribution in [0.1, 0.15) is 42.1 Å². The van der Waals surface area contributed by atoms with Crippen molar-refractivity contribution in [2.24, 2.45) is 0 Å². The van der Waals surface area contributed by atoms with Crippen LogP contribution in [0.25, 0.3) is 0 Å². The van der Waals surface area contributed by atoms with Gasteiger partial charge >= 0.3 is 0 Å². The van der Waals surface area contributed by atoms with E-state index < -0.39 is 10.0 Å². The highest BCUT2D eigenvalue weighted by atomic mass is 35.5. The summed E-state index contributed by atoms with van der Waals surface area (Å²) in [6.45, 7) is 4.06. The molecule has 1 fully saturated rings. The Morgan fingerprint density at radius 1 is 1.11 bits per heavy atom. The summed E-state index contributed by atoms with van der Waals surface area (Å²) < 4.78 is 27.3. The van der Waals surface area contributed by atoms with Crippen LogP contribution < -0.4 is 0 Å². The second-order valence-electron chi connectivity index (χ2n) is 6.97. The third kappa shape index (κ3) is 4.57. The Morgan fingerprint density at radius 2 is 1.79 bits per heavy atom. The molecule has 0 radical (unpaired) electrons. The van der Waals surface area contributed by atoms with Crippen molar-refractivity contribution in [3.05, 3.63) is 64.7 Å². The molecule has 0 saturated carbocycles. The molecule has 28 heavy (non-hydrogen) atoms. The van der Waals surface area contributed by atoms with Crippen LogP contribution in [0.15, 0.2) is 53.4 Å². The van der Waals surface area contributed by atoms with Crippen molar-refractivity contribution < 1.29 is 13.2 Å². The van der Waals surface area contributed by atoms with E-state index in [2.05, 4.69) is 0 Å². The summed E-state index contributed by atoms with van der Waals surface area (Å²) in [7, 11) is -3.69. The number of nitrogens with zero attached hydrogens (tertiary/aromatic N) is 2. The fraction of sp³-hybridized carbons (Fsp3) is 0.381. The average molecular weight is 421 g/mol. The van der Waals surface area contributed by atoms with Crippen molar-refractivity contribution in [2.75, 3.05) is 19.6 Å². The summed E-state index contributed by atoms with van der Waals surface area (Å²) in [5.74, 6) is -0.194. The van der Waals surface area contributed by atoms with Gasteiger partial charge in [0, 0.05) is 31.7 Å². The first-order valence-electron chi connectivity index (χ1n) is 9.56. The molecule has 0 aromatic heterocycles. The van der Waals surface area contributed by atoms with Crippen LogP contribution in [0.2, 0.25) is 5.02 Å². The zero-order chi connectivity index (χ0) is 20.1. The van der Waals surface area contributed by atoms with Crippen molar-refractivity contribution in [3.8, 4) is 0 Å². The third-order valence-electron chi connectivity index (χ3n) is 4.86. The Bertz CT molecular complexity index is 926. The van der Waals surface area contributed by atoms with Gasteiger partial charge in [0.1, 0.15) is 4.90 Å². The van der Waals surface area contributed by atoms with Crippen molar-refractivity contribution in [1.82, 2.24) is 9.21 Å². The minimum Gasteiger partial charge on any atom is -0.334 e. The molecular weight excluding hydrogens is 396 g/mol. The van der Waals surface area contributed by atoms with Gasteiger partial charge < -0.3 is 4.90 Å². The maximum Gasteiger partial charge on any atom is 0.254 e. The molecule has 0 unspecified atom stereocenters. The smallest absolute Gasteiger partial charge is 0.254 e. The predicted molar refractivity (Wildman–Crippen MR) is 111 cm³/mol. The van der Waals surface area contributed by atoms with E-state index in [9.17, 15) is 13.2 Å². The van der Waals surface area contributed by atoms with E-state index in [4.69, 9.17) is 11.6 Å². The minimum absolute atomic E-state index is 0.0121. The number of amides is 1. The number of carbonyl (C=O) groups is 1. The SMILES string of the molecule is CCCN(Cc1ccccc1)C(=O)c1ccc(Cl)c(S(=O)(=O)N2CCCC2)c1. The molecule has 0 atom stereocenters. The van der Waals surface area contributed by atoms with Gasteiger partial charge in [0.25, 0.3) is 5.91 Å². The Morgan fingerprint density at radius 3 is 2.43 bits per heavy atom. The van der Waals surface area contributed by atoms with Crippen LogP contribution in [-0.2, 0) is 16.6 Å². The van der Waals surface area contributed by atoms with E-state index in [-0.39, 0.29) is 15.8 Å². The molecule has 0 N–H and O–H groups in total. The molecule has 2 aromatic rings. The van der Waals surface area contributed by atoms with Crippen molar-refractivity contribution in [1.29, 1.82) is 0 Å². The maximum absolute atomic E-state index is 13.1. The summed E-state index contributed by atoms with van der Waals surface area (Å²) in [4.78, 5) is 14.9. The molecule has 150 valence electrons. The Labute approximate surface area is 172 Å². The molecule has 0 bridgehead atoms. The van der Waals surface area contributed by atoms with E-state index in [1.54, 1.807) is 11.0 Å². The number of rotatable bonds is 7. The van der Waals surface area contributed by atoms with E-state index in [0.29, 0.717) is 31.7 Å². The molecule has 3 rings (SSSR count). The molecule has 5 nitrogen and oxygen atoms in total. The Hall–Kier alpha value is -1.89. The molecule has 1 aliphatic heterocycles. The first kappa shape index (κ1) is 20.8. The molecule has 1 amide bonds. The van der Waals surface area contributed by atoms with Gasteiger partial charge in [-0.25, -0.2) is 8.42 Å². The topological polar surface area (TPSA) is 57.7 Å². The van der Waals surface area contributed by atoms with Crippen LogP contribution in [-0.4, -0.2) is 43.2 Å². The standard InChI is InChI=1S/C21H25ClN2O3S/c1-2-12-23(16-17-8-4-3-5-9-17)21(25)18-10-11-19(22)20(15-18)28(26,27)24-13-6-7-14-24/h3-5,8-11,15H,2,6-7,12-14,16H2,1H3. The van der Waals surface area contributed by atoms with Crippen LogP contribution in [0.3, 0.4) is 0 Å². The van der Waals surface area contributed by atoms with Crippen molar-refractivity contribution >= 4 is 27.5 Å². The first-order valence-corrected chi connectivity index (χ1v) is 11.4. The van der Waals surface area contributed by atoms with Gasteiger partial charge in [0.2, 0.25) is 10.0 Å². The summed E-state index contributed by atoms with van der Waals surface area (Å²) in [6, 6.07) is 14.3. The summed E-state index contributed by atoms with van der Waals surface area (Å²) in [5, 5.41) is 0.147. The summed E-state index contributed by atoms with van der Waals surface area (Å²) in [6.07, 6.45) is 2.50. The van der Waals surface area contributed by atoms with Gasteiger partial charge in [-0.2, -0.15) is 4.31 Å². The predicted octanol–water partition coefficient (Wildman–Crippen LogP) is 4.18. The lowest BCUT2D eigenvalue weighted by Gasteiger charge is -2.23. The molecule has 0 aliphatic carbocycles. The van der Waals surface area contributed by atoms with Crippen molar-refractivity contribution in [3.63, 3.8) is 0 Å². The number of carbonyl (C=O) groups excluding carboxylic acids is 1. The highest BCUT2D eigenvalue weighted by Crippen LogP contribution is 2.28. The highest BCUT2D eigenvalue weighted by Gasteiger charge is 2.30. The van der Waals surface area contributed by atoms with Crippen molar-refractivity contribution in [2.45, 2.75) is 37.6 Å². The number of benzene rings is 2. The molecule has 0 spiro atoms. The van der Waals surface area contributed by atoms with Gasteiger partial charge in [-0.1, -0.05) is 48.9 Å². The van der Waals surface area contributed by atoms with Gasteiger partial charge in [0.15, 0.2) is 0 Å². The molecular formula is C21H25ClN2O3S. The molecule has 1 aliphatic rings. The first-order chi connectivity index (χ1) is 13.4. The van der Waals surface area contributed by atoms with Crippen LogP contribution in [0.4, 0.5) is 0 Å². The van der Waals surface area contributed by atoms with Gasteiger partial charge in [-0.15, -0.1) is 0 Å². The van der Waals surface area contributed by atoms with E-state index >= 15 is 0 Å². The largest absolute Gasteiger partial charge is 0.334 e. The maximum atomic E-state index is 13.1. The lowest BCUT2D eigenvalue weighted by Crippen LogP contribution is -2.32. The number of hydrogen-bond donors (Lipinski definition) is 0. The van der Waals surface area contributed by atoms with Gasteiger partial charge in [0.05, 0.1) is 5.02 Å². The summed E-state index contributed by atoms with van der Waals surface area (Å²) in [5.41, 5.74) is 1.37. The minimum atomic E-state index is -3.69. The number of halogens is 1. The fourth-order valence-electron chi connectivity index (χ4n) is 3.41. The van der Waals surface area contributed by atoms with E-state index in [0.717, 1.165) is 24.8 Å². The van der Waals surface area contributed by atoms with Gasteiger partial charge in [-0.05, 0) is 43.0 Å². The Balaban J connectivity index is 1.90. The normalized spacial score (nSPS) is 14.9. The lowest BCUT2D eigenvalue weighted by atomic mass is 10.1. The van der Waals surface area contributed by atoms with Gasteiger partial charge in [-0.3, -0.25) is 4.79 Å². The van der Waals surface area contributed by atoms with Crippen LogP contribution in [0, 0.1) is 0 Å². The molecule has 2 aromatic carbocycles. The Kier molecular flexibility index (Phi) is 6.75. The monoisotopic (exact) mass is 420 g/mol. The average Bonchev–Trinajstić information content (AvgIpc) is 3.24. The highest BCUT2D eigenvalue weighted by molar-refractivity contribution is 7.89. The number of hydrogen-bond acceptors (Lipinski definition) is 3. The molecule has 1 heterocycles. The second kappa shape index (κ2) is 9.07. The lowest BCUT2D eigenvalue weighted by molar-refractivity contribution is 0.0743. The molecule has 1 saturated heterocycles. The zero-order valence-corrected chi connectivity index (χ0v) is 17.5. The summed E-state index contributed by atoms with van der Waals surface area (Å²) >= 11 is 6.20. The van der Waals surface area contributed by atoms with E-state index in [1.165, 1.54) is 16.4 Å². The third-order valence-corrected chi connectivity index (χ3v) is 7.24. The van der Waals surface area contributed by atoms with Crippen LogP contribution >= 0.6 is 11.6 Å². The molecule has 7 heteroatoms. The van der Waals surface area contributed by atoms with Crippen LogP contribution in [0.5, 0.6) is 0 Å². The number of sulfonamides is 1. The zero-order valence-electron chi connectivity index (χ0n) is 16.0. The second-order valence-corrected chi connectivity index (χ2v) is 9.28. The quantitative estimate of drug-likeness (QED) is 0.675.